The third-order valence-corrected chi connectivity index (χ3v) is 6.87. The summed E-state index contributed by atoms with van der Waals surface area (Å²) in [4.78, 5) is 2.27. The fourth-order valence-electron chi connectivity index (χ4n) is 5.91. The molecule has 0 fully saturated rings. The first-order valence-electron chi connectivity index (χ1n) is 12.0. The number of fused-ring (bicyclic) bond motifs is 1. The van der Waals surface area contributed by atoms with Crippen molar-refractivity contribution < 1.29 is 0 Å². The third kappa shape index (κ3) is 4.50. The molecule has 0 saturated carbocycles. The molecule has 0 amide bonds. The Hall–Kier alpha value is -2.84. The van der Waals surface area contributed by atoms with Crippen LogP contribution in [0, 0.1) is 41.5 Å². The zero-order valence-electron chi connectivity index (χ0n) is 21.5. The minimum Gasteiger partial charge on any atom is -0.305 e. The maximum atomic E-state index is 2.36. The molecule has 168 valence electrons. The molecule has 2 heteroatoms. The van der Waals surface area contributed by atoms with E-state index in [0.29, 0.717) is 0 Å². The van der Waals surface area contributed by atoms with Crippen molar-refractivity contribution in [3.8, 4) is 0 Å². The maximum absolute atomic E-state index is 2.36. The third-order valence-electron chi connectivity index (χ3n) is 6.87. The van der Waals surface area contributed by atoms with Gasteiger partial charge in [-0.2, -0.15) is 0 Å². The lowest BCUT2D eigenvalue weighted by Crippen LogP contribution is -2.56. The molecule has 0 aliphatic heterocycles. The molecule has 4 aromatic carbocycles. The Bertz CT molecular complexity index is 1220. The molecule has 0 aromatic heterocycles. The Morgan fingerprint density at radius 1 is 0.636 bits per heavy atom. The highest BCUT2D eigenvalue weighted by molar-refractivity contribution is 6.98. The van der Waals surface area contributed by atoms with E-state index in [-0.39, 0.29) is 6.71 Å². The van der Waals surface area contributed by atoms with Gasteiger partial charge >= 0.3 is 0 Å². The lowest BCUT2D eigenvalue weighted by molar-refractivity contribution is 0.404. The molecule has 1 nitrogen and oxygen atoms in total. The van der Waals surface area contributed by atoms with Crippen molar-refractivity contribution in [2.75, 3.05) is 14.1 Å². The van der Waals surface area contributed by atoms with Crippen LogP contribution in [0.3, 0.4) is 0 Å². The minimum absolute atomic E-state index is 0.193. The first-order valence-corrected chi connectivity index (χ1v) is 12.0. The fraction of sp³-hybridized carbons (Fsp3) is 0.290. The predicted octanol–water partition coefficient (Wildman–Crippen LogP) is 5.27. The first kappa shape index (κ1) is 23.3. The fourth-order valence-corrected chi connectivity index (χ4v) is 5.91. The highest BCUT2D eigenvalue weighted by Crippen LogP contribution is 2.21. The summed E-state index contributed by atoms with van der Waals surface area (Å²) in [5.41, 5.74) is 13.9. The van der Waals surface area contributed by atoms with E-state index >= 15 is 0 Å². The minimum atomic E-state index is 0.193. The summed E-state index contributed by atoms with van der Waals surface area (Å²) in [5, 5.41) is 2.72. The molecule has 0 heterocycles. The van der Waals surface area contributed by atoms with Crippen molar-refractivity contribution in [2.45, 2.75) is 48.1 Å². The molecule has 0 spiro atoms. The highest BCUT2D eigenvalue weighted by Gasteiger charge is 2.30. The van der Waals surface area contributed by atoms with E-state index in [9.17, 15) is 0 Å². The monoisotopic (exact) mass is 433 g/mol. The number of rotatable bonds is 5. The van der Waals surface area contributed by atoms with E-state index in [0.717, 1.165) is 6.54 Å². The largest absolute Gasteiger partial charge is 0.305 e. The number of hydrogen-bond donors (Lipinski definition) is 0. The topological polar surface area (TPSA) is 3.24 Å². The second-order valence-corrected chi connectivity index (χ2v) is 10.2. The van der Waals surface area contributed by atoms with E-state index in [2.05, 4.69) is 121 Å². The average molecular weight is 433 g/mol. The van der Waals surface area contributed by atoms with Crippen LogP contribution in [0.4, 0.5) is 0 Å². The molecule has 4 aromatic rings. The summed E-state index contributed by atoms with van der Waals surface area (Å²) in [5.74, 6) is 0. The molecule has 33 heavy (non-hydrogen) atoms. The van der Waals surface area contributed by atoms with E-state index < -0.39 is 0 Å². The lowest BCUT2D eigenvalue weighted by Gasteiger charge is -2.26. The van der Waals surface area contributed by atoms with E-state index in [1.54, 1.807) is 0 Å². The molecule has 0 saturated heterocycles. The van der Waals surface area contributed by atoms with Gasteiger partial charge in [0.05, 0.1) is 0 Å². The van der Waals surface area contributed by atoms with Gasteiger partial charge in [0.25, 0.3) is 0 Å². The highest BCUT2D eigenvalue weighted by atomic mass is 15.0. The standard InChI is InChI=1S/C31H36BN/c1-20-15-22(3)30(23(4)16-20)32(31-24(5)17-21(2)18-25(31)6)28-14-10-12-26-11-9-13-27(29(26)28)19-33(7)8/h9-18H,19H2,1-8H3. The predicted molar refractivity (Wildman–Crippen MR) is 147 cm³/mol. The van der Waals surface area contributed by atoms with E-state index in [1.807, 2.05) is 0 Å². The molecule has 0 bridgehead atoms. The van der Waals surface area contributed by atoms with Crippen LogP contribution < -0.4 is 16.4 Å². The zero-order chi connectivity index (χ0) is 23.9. The van der Waals surface area contributed by atoms with E-state index in [1.165, 1.54) is 66.1 Å². The number of benzene rings is 4. The first-order chi connectivity index (χ1) is 15.7. The van der Waals surface area contributed by atoms with Crippen LogP contribution in [0.2, 0.25) is 0 Å². The summed E-state index contributed by atoms with van der Waals surface area (Å²) in [7, 11) is 4.31. The lowest BCUT2D eigenvalue weighted by atomic mass is 9.33. The second kappa shape index (κ2) is 9.19. The number of nitrogens with zero attached hydrogens (tertiary/aromatic N) is 1. The Labute approximate surface area is 200 Å². The van der Waals surface area contributed by atoms with Gasteiger partial charge in [-0.3, -0.25) is 0 Å². The maximum Gasteiger partial charge on any atom is 0.243 e. The van der Waals surface area contributed by atoms with Gasteiger partial charge in [-0.05, 0) is 72.0 Å². The molecule has 4 rings (SSSR count). The molecular formula is C31H36BN. The summed E-state index contributed by atoms with van der Waals surface area (Å²) < 4.78 is 0. The molecule has 0 radical (unpaired) electrons. The summed E-state index contributed by atoms with van der Waals surface area (Å²) in [6, 6.07) is 23.0. The van der Waals surface area contributed by atoms with Crippen molar-refractivity contribution in [1.82, 2.24) is 4.90 Å². The van der Waals surface area contributed by atoms with Gasteiger partial charge in [-0.25, -0.2) is 0 Å². The second-order valence-electron chi connectivity index (χ2n) is 10.2. The number of aryl methyl sites for hydroxylation is 6. The summed E-state index contributed by atoms with van der Waals surface area (Å²) in [6.07, 6.45) is 0. The number of hydrogen-bond acceptors (Lipinski definition) is 1. The van der Waals surface area contributed by atoms with Gasteiger partial charge in [-0.1, -0.05) is 110 Å². The molecular weight excluding hydrogens is 397 g/mol. The van der Waals surface area contributed by atoms with Crippen molar-refractivity contribution in [3.63, 3.8) is 0 Å². The normalized spacial score (nSPS) is 11.4. The van der Waals surface area contributed by atoms with Gasteiger partial charge in [0.2, 0.25) is 6.71 Å². The van der Waals surface area contributed by atoms with Crippen molar-refractivity contribution in [3.05, 3.63) is 99.6 Å². The van der Waals surface area contributed by atoms with Crippen LogP contribution in [-0.4, -0.2) is 25.7 Å². The van der Waals surface area contributed by atoms with Gasteiger partial charge in [0.15, 0.2) is 0 Å². The summed E-state index contributed by atoms with van der Waals surface area (Å²) >= 11 is 0. The van der Waals surface area contributed by atoms with Crippen molar-refractivity contribution in [2.24, 2.45) is 0 Å². The SMILES string of the molecule is Cc1cc(C)c(B(c2c(C)cc(C)cc2C)c2cccc3cccc(CN(C)C)c23)c(C)c1. The Morgan fingerprint density at radius 3 is 1.55 bits per heavy atom. The van der Waals surface area contributed by atoms with Crippen LogP contribution in [-0.2, 0) is 6.54 Å². The molecule has 0 aliphatic carbocycles. The Balaban J connectivity index is 2.14. The Kier molecular flexibility index (Phi) is 6.50. The van der Waals surface area contributed by atoms with Gasteiger partial charge < -0.3 is 4.90 Å². The van der Waals surface area contributed by atoms with Crippen LogP contribution in [0.5, 0.6) is 0 Å². The molecule has 0 aliphatic rings. The van der Waals surface area contributed by atoms with Crippen LogP contribution in [0.1, 0.15) is 38.9 Å². The van der Waals surface area contributed by atoms with Crippen LogP contribution in [0.15, 0.2) is 60.7 Å². The van der Waals surface area contributed by atoms with E-state index in [4.69, 9.17) is 0 Å². The molecule has 0 unspecified atom stereocenters. The van der Waals surface area contributed by atoms with Crippen molar-refractivity contribution in [1.29, 1.82) is 0 Å². The zero-order valence-corrected chi connectivity index (χ0v) is 21.5. The van der Waals surface area contributed by atoms with Crippen LogP contribution >= 0.6 is 0 Å². The van der Waals surface area contributed by atoms with Crippen LogP contribution in [0.25, 0.3) is 10.8 Å². The summed E-state index contributed by atoms with van der Waals surface area (Å²) in [6.45, 7) is 14.7. The molecule has 0 atom stereocenters. The van der Waals surface area contributed by atoms with Gasteiger partial charge in [0.1, 0.15) is 0 Å². The molecule has 0 N–H and O–H groups in total. The Morgan fingerprint density at radius 2 is 1.09 bits per heavy atom. The van der Waals surface area contributed by atoms with Gasteiger partial charge in [-0.15, -0.1) is 0 Å². The quantitative estimate of drug-likeness (QED) is 0.388. The average Bonchev–Trinajstić information content (AvgIpc) is 2.70. The van der Waals surface area contributed by atoms with Crippen molar-refractivity contribution >= 4 is 33.9 Å². The van der Waals surface area contributed by atoms with Gasteiger partial charge in [0, 0.05) is 6.54 Å². The smallest absolute Gasteiger partial charge is 0.243 e.